The number of rotatable bonds is 4. The lowest BCUT2D eigenvalue weighted by Crippen LogP contribution is -2.04. The largest absolute Gasteiger partial charge is 0.341 e. The summed E-state index contributed by atoms with van der Waals surface area (Å²) in [5, 5.41) is 0.787. The lowest BCUT2D eigenvalue weighted by molar-refractivity contribution is 0.381. The molecule has 0 aliphatic heterocycles. The third-order valence-corrected chi connectivity index (χ3v) is 4.59. The van der Waals surface area contributed by atoms with Gasteiger partial charge in [0.25, 0.3) is 0 Å². The Labute approximate surface area is 87.7 Å². The van der Waals surface area contributed by atoms with Crippen molar-refractivity contribution in [3.63, 3.8) is 0 Å². The van der Waals surface area contributed by atoms with Gasteiger partial charge in [-0.3, -0.25) is 0 Å². The van der Waals surface area contributed by atoms with E-state index in [1.807, 2.05) is 37.3 Å². The Hall–Kier alpha value is -0.860. The van der Waals surface area contributed by atoms with Gasteiger partial charge < -0.3 is 4.52 Å². The van der Waals surface area contributed by atoms with E-state index in [0.29, 0.717) is 6.61 Å². The van der Waals surface area contributed by atoms with E-state index in [-0.39, 0.29) is 0 Å². The lowest BCUT2D eigenvalue weighted by Gasteiger charge is -2.15. The van der Waals surface area contributed by atoms with Gasteiger partial charge in [-0.15, -0.1) is 0 Å². The van der Waals surface area contributed by atoms with E-state index >= 15 is 0 Å². The molecular formula is C8H10N3OPS. The normalized spacial score (nSPS) is 14.1. The Bertz CT molecular complexity index is 389. The highest BCUT2D eigenvalue weighted by atomic mass is 32.4. The van der Waals surface area contributed by atoms with Crippen LogP contribution in [0.4, 0.5) is 0 Å². The SMILES string of the molecule is CCOP(=S)(N=[N+]=[N-])c1ccccc1. The van der Waals surface area contributed by atoms with Gasteiger partial charge >= 0.3 is 0 Å². The summed E-state index contributed by atoms with van der Waals surface area (Å²) in [5.41, 5.74) is 8.43. The molecule has 4 nitrogen and oxygen atoms in total. The van der Waals surface area contributed by atoms with E-state index in [4.69, 9.17) is 21.9 Å². The van der Waals surface area contributed by atoms with Crippen LogP contribution in [0.25, 0.3) is 10.4 Å². The summed E-state index contributed by atoms with van der Waals surface area (Å²) < 4.78 is 5.36. The molecule has 0 radical (unpaired) electrons. The maximum atomic E-state index is 8.43. The molecule has 1 aromatic carbocycles. The molecule has 1 unspecified atom stereocenters. The molecule has 74 valence electrons. The molecule has 0 saturated carbocycles. The first kappa shape index (κ1) is 11.2. The summed E-state index contributed by atoms with van der Waals surface area (Å²) in [4.78, 5) is 6.35. The summed E-state index contributed by atoms with van der Waals surface area (Å²) >= 11 is 5.24. The fourth-order valence-electron chi connectivity index (χ4n) is 0.996. The second-order valence-electron chi connectivity index (χ2n) is 2.45. The lowest BCUT2D eigenvalue weighted by atomic mass is 10.4. The maximum Gasteiger partial charge on any atom is 0.181 e. The van der Waals surface area contributed by atoms with Gasteiger partial charge in [-0.25, -0.2) is 0 Å². The van der Waals surface area contributed by atoms with Crippen LogP contribution < -0.4 is 5.30 Å². The first-order valence-corrected chi connectivity index (χ1v) is 6.77. The van der Waals surface area contributed by atoms with Gasteiger partial charge in [0.05, 0.1) is 0 Å². The van der Waals surface area contributed by atoms with Crippen LogP contribution in [-0.4, -0.2) is 6.61 Å². The Morgan fingerprint density at radius 3 is 2.64 bits per heavy atom. The third-order valence-electron chi connectivity index (χ3n) is 1.54. The van der Waals surface area contributed by atoms with E-state index in [9.17, 15) is 0 Å². The van der Waals surface area contributed by atoms with Crippen LogP contribution in [0.2, 0.25) is 0 Å². The van der Waals surface area contributed by atoms with Gasteiger partial charge in [0.1, 0.15) is 0 Å². The second kappa shape index (κ2) is 5.13. The molecule has 1 rings (SSSR count). The number of benzene rings is 1. The van der Waals surface area contributed by atoms with Gasteiger partial charge in [-0.05, 0) is 17.3 Å². The van der Waals surface area contributed by atoms with Crippen molar-refractivity contribution in [2.45, 2.75) is 6.92 Å². The molecule has 0 aliphatic rings. The van der Waals surface area contributed by atoms with Crippen molar-refractivity contribution >= 4 is 23.5 Å². The Kier molecular flexibility index (Phi) is 4.11. The highest BCUT2D eigenvalue weighted by molar-refractivity contribution is 8.15. The number of nitrogens with zero attached hydrogens (tertiary/aromatic N) is 3. The van der Waals surface area contributed by atoms with Crippen molar-refractivity contribution in [2.24, 2.45) is 4.88 Å². The zero-order chi connectivity index (χ0) is 10.4. The highest BCUT2D eigenvalue weighted by Crippen LogP contribution is 2.47. The number of hydrogen-bond acceptors (Lipinski definition) is 2. The van der Waals surface area contributed by atoms with Crippen molar-refractivity contribution < 1.29 is 4.52 Å². The average molecular weight is 227 g/mol. The zero-order valence-corrected chi connectivity index (χ0v) is 9.41. The van der Waals surface area contributed by atoms with E-state index in [0.717, 1.165) is 5.30 Å². The Balaban J connectivity index is 3.12. The second-order valence-corrected chi connectivity index (χ2v) is 5.93. The van der Waals surface area contributed by atoms with Gasteiger partial charge in [0.15, 0.2) is 6.42 Å². The standard InChI is InChI=1S/C8H10N3OPS/c1-2-12-13(14,11-10-9)8-6-4-3-5-7-8/h3-7H,2H2,1H3. The number of hydrogen-bond donors (Lipinski definition) is 0. The van der Waals surface area contributed by atoms with Crippen LogP contribution in [0.1, 0.15) is 6.92 Å². The summed E-state index contributed by atoms with van der Waals surface area (Å²) in [7, 11) is 0. The predicted octanol–water partition coefficient (Wildman–Crippen LogP) is 2.97. The topological polar surface area (TPSA) is 58.0 Å². The molecular weight excluding hydrogens is 217 g/mol. The van der Waals surface area contributed by atoms with Crippen LogP contribution in [0.5, 0.6) is 0 Å². The van der Waals surface area contributed by atoms with Gasteiger partial charge in [-0.2, -0.15) is 0 Å². The van der Waals surface area contributed by atoms with Crippen molar-refractivity contribution in [3.05, 3.63) is 40.8 Å². The summed E-state index contributed by atoms with van der Waals surface area (Å²) in [6.07, 6.45) is -2.53. The molecule has 0 N–H and O–H groups in total. The molecule has 0 amide bonds. The van der Waals surface area contributed by atoms with Gasteiger partial charge in [0.2, 0.25) is 0 Å². The molecule has 0 spiro atoms. The van der Waals surface area contributed by atoms with Crippen LogP contribution in [-0.2, 0) is 16.3 Å². The molecule has 1 atom stereocenters. The predicted molar refractivity (Wildman–Crippen MR) is 61.1 cm³/mol. The molecule has 0 heterocycles. The zero-order valence-electron chi connectivity index (χ0n) is 7.70. The Morgan fingerprint density at radius 1 is 1.50 bits per heavy atom. The monoisotopic (exact) mass is 227 g/mol. The molecule has 0 fully saturated rings. The van der Waals surface area contributed by atoms with E-state index in [2.05, 4.69) is 9.80 Å². The van der Waals surface area contributed by atoms with Crippen LogP contribution >= 0.6 is 6.42 Å². The number of azide groups is 1. The quantitative estimate of drug-likeness (QED) is 0.343. The average Bonchev–Trinajstić information content (AvgIpc) is 2.20. The molecule has 0 aromatic heterocycles. The minimum atomic E-state index is -2.53. The molecule has 0 aliphatic carbocycles. The van der Waals surface area contributed by atoms with Crippen molar-refractivity contribution in [2.75, 3.05) is 6.61 Å². The van der Waals surface area contributed by atoms with Gasteiger partial charge in [0, 0.05) is 16.8 Å². The third kappa shape index (κ3) is 2.56. The highest BCUT2D eigenvalue weighted by Gasteiger charge is 2.17. The molecule has 0 saturated heterocycles. The molecule has 6 heteroatoms. The van der Waals surface area contributed by atoms with Gasteiger partial charge in [-0.1, -0.05) is 42.1 Å². The maximum absolute atomic E-state index is 8.43. The van der Waals surface area contributed by atoms with Crippen LogP contribution in [0.3, 0.4) is 0 Å². The first-order valence-electron chi connectivity index (χ1n) is 4.10. The van der Waals surface area contributed by atoms with E-state index in [1.165, 1.54) is 0 Å². The Morgan fingerprint density at radius 2 is 2.14 bits per heavy atom. The fourth-order valence-corrected chi connectivity index (χ4v) is 3.08. The molecule has 0 bridgehead atoms. The fraction of sp³-hybridized carbons (Fsp3) is 0.250. The molecule has 1 aromatic rings. The van der Waals surface area contributed by atoms with Crippen molar-refractivity contribution in [3.8, 4) is 0 Å². The minimum Gasteiger partial charge on any atom is -0.341 e. The smallest absolute Gasteiger partial charge is 0.181 e. The minimum absolute atomic E-state index is 0.450. The first-order chi connectivity index (χ1) is 6.73. The molecule has 14 heavy (non-hydrogen) atoms. The van der Waals surface area contributed by atoms with Crippen molar-refractivity contribution in [1.82, 2.24) is 0 Å². The summed E-state index contributed by atoms with van der Waals surface area (Å²) in [6.45, 7) is 2.28. The van der Waals surface area contributed by atoms with Crippen LogP contribution in [0, 0.1) is 0 Å². The van der Waals surface area contributed by atoms with E-state index < -0.39 is 6.42 Å². The summed E-state index contributed by atoms with van der Waals surface area (Å²) in [6, 6.07) is 9.23. The van der Waals surface area contributed by atoms with Crippen LogP contribution in [0.15, 0.2) is 35.2 Å². The van der Waals surface area contributed by atoms with E-state index in [1.54, 1.807) is 0 Å². The summed E-state index contributed by atoms with van der Waals surface area (Å²) in [5.74, 6) is 0. The van der Waals surface area contributed by atoms with Crippen molar-refractivity contribution in [1.29, 1.82) is 0 Å².